The summed E-state index contributed by atoms with van der Waals surface area (Å²) in [6.07, 6.45) is 1.96. The molecule has 0 fully saturated rings. The molecule has 3 aromatic rings. The van der Waals surface area contributed by atoms with Gasteiger partial charge in [-0.15, -0.1) is 11.8 Å². The topological polar surface area (TPSA) is 64.6 Å². The largest absolute Gasteiger partial charge is 0.456 e. The van der Waals surface area contributed by atoms with Crippen LogP contribution in [0.15, 0.2) is 83.8 Å². The minimum Gasteiger partial charge on any atom is -0.456 e. The molecule has 142 valence electrons. The Morgan fingerprint density at radius 3 is 2.46 bits per heavy atom. The Balaban J connectivity index is 1.61. The van der Waals surface area contributed by atoms with Crippen LogP contribution in [-0.2, 0) is 9.53 Å². The minimum atomic E-state index is -0.625. The number of thioether (sulfide) groups is 1. The van der Waals surface area contributed by atoms with Crippen LogP contribution in [0.25, 0.3) is 0 Å². The third-order valence-corrected chi connectivity index (χ3v) is 4.49. The number of esters is 1. The fourth-order valence-electron chi connectivity index (χ4n) is 2.45. The average Bonchev–Trinajstić information content (AvgIpc) is 2.73. The van der Waals surface area contributed by atoms with Crippen LogP contribution in [-0.4, -0.2) is 24.7 Å². The molecule has 0 aliphatic rings. The van der Waals surface area contributed by atoms with Gasteiger partial charge < -0.3 is 14.8 Å². The molecule has 3 aromatic carbocycles. The van der Waals surface area contributed by atoms with Crippen molar-refractivity contribution in [2.45, 2.75) is 4.90 Å². The standard InChI is InChI=1S/C22H19NO4S/c1-28-18-11-7-8-16(14-18)23-21(24)15-26-22(25)19-12-5-6-13-20(19)27-17-9-3-2-4-10-17/h2-14H,15H2,1H3,(H,23,24). The van der Waals surface area contributed by atoms with Crippen molar-refractivity contribution in [1.82, 2.24) is 0 Å². The Hall–Kier alpha value is -3.25. The highest BCUT2D eigenvalue weighted by molar-refractivity contribution is 7.98. The lowest BCUT2D eigenvalue weighted by molar-refractivity contribution is -0.119. The highest BCUT2D eigenvalue weighted by Gasteiger charge is 2.16. The van der Waals surface area contributed by atoms with Crippen molar-refractivity contribution in [2.24, 2.45) is 0 Å². The van der Waals surface area contributed by atoms with E-state index in [1.165, 1.54) is 0 Å². The quantitative estimate of drug-likeness (QED) is 0.452. The number of rotatable bonds is 7. The van der Waals surface area contributed by atoms with Gasteiger partial charge in [-0.1, -0.05) is 36.4 Å². The second kappa shape index (κ2) is 9.62. The zero-order valence-corrected chi connectivity index (χ0v) is 16.1. The van der Waals surface area contributed by atoms with Gasteiger partial charge in [0.15, 0.2) is 6.61 Å². The molecule has 6 heteroatoms. The van der Waals surface area contributed by atoms with Gasteiger partial charge >= 0.3 is 5.97 Å². The fraction of sp³-hybridized carbons (Fsp3) is 0.0909. The van der Waals surface area contributed by atoms with Crippen LogP contribution < -0.4 is 10.1 Å². The van der Waals surface area contributed by atoms with E-state index in [1.54, 1.807) is 54.2 Å². The van der Waals surface area contributed by atoms with Gasteiger partial charge in [0, 0.05) is 10.6 Å². The summed E-state index contributed by atoms with van der Waals surface area (Å²) in [5.74, 6) is -0.0615. The minimum absolute atomic E-state index is 0.253. The molecule has 0 spiro atoms. The predicted octanol–water partition coefficient (Wildman–Crippen LogP) is 5.00. The molecule has 0 bridgehead atoms. The molecule has 0 aliphatic carbocycles. The molecule has 0 unspecified atom stereocenters. The Bertz CT molecular complexity index is 960. The van der Waals surface area contributed by atoms with Crippen molar-refractivity contribution in [3.63, 3.8) is 0 Å². The fourth-order valence-corrected chi connectivity index (χ4v) is 2.91. The summed E-state index contributed by atoms with van der Waals surface area (Å²) < 4.78 is 10.9. The van der Waals surface area contributed by atoms with Gasteiger partial charge in [0.1, 0.15) is 17.1 Å². The Morgan fingerprint density at radius 1 is 0.929 bits per heavy atom. The highest BCUT2D eigenvalue weighted by atomic mass is 32.2. The SMILES string of the molecule is CSc1cccc(NC(=O)COC(=O)c2ccccc2Oc2ccccc2)c1. The molecule has 28 heavy (non-hydrogen) atoms. The lowest BCUT2D eigenvalue weighted by Gasteiger charge is -2.11. The molecule has 5 nitrogen and oxygen atoms in total. The molecule has 1 amide bonds. The van der Waals surface area contributed by atoms with E-state index in [9.17, 15) is 9.59 Å². The number of hydrogen-bond donors (Lipinski definition) is 1. The average molecular weight is 393 g/mol. The molecule has 0 heterocycles. The monoisotopic (exact) mass is 393 g/mol. The molecule has 0 radical (unpaired) electrons. The first-order valence-electron chi connectivity index (χ1n) is 8.58. The first-order valence-corrected chi connectivity index (χ1v) is 9.81. The maximum absolute atomic E-state index is 12.4. The highest BCUT2D eigenvalue weighted by Crippen LogP contribution is 2.25. The zero-order valence-electron chi connectivity index (χ0n) is 15.3. The Labute approximate surface area is 167 Å². The van der Waals surface area contributed by atoms with E-state index in [2.05, 4.69) is 5.32 Å². The van der Waals surface area contributed by atoms with Gasteiger partial charge in [-0.3, -0.25) is 4.79 Å². The molecule has 0 atom stereocenters. The van der Waals surface area contributed by atoms with Crippen molar-refractivity contribution in [1.29, 1.82) is 0 Å². The number of hydrogen-bond acceptors (Lipinski definition) is 5. The van der Waals surface area contributed by atoms with Gasteiger partial charge in [0.2, 0.25) is 0 Å². The van der Waals surface area contributed by atoms with E-state index in [-0.39, 0.29) is 12.2 Å². The maximum Gasteiger partial charge on any atom is 0.342 e. The second-order valence-electron chi connectivity index (χ2n) is 5.77. The first kappa shape index (κ1) is 19.5. The van der Waals surface area contributed by atoms with Crippen molar-refractivity contribution in [2.75, 3.05) is 18.2 Å². The predicted molar refractivity (Wildman–Crippen MR) is 110 cm³/mol. The van der Waals surface area contributed by atoms with Gasteiger partial charge in [0.25, 0.3) is 5.91 Å². The molecule has 0 aromatic heterocycles. The lowest BCUT2D eigenvalue weighted by Crippen LogP contribution is -2.21. The molecular formula is C22H19NO4S. The number of carbonyl (C=O) groups is 2. The summed E-state index contributed by atoms with van der Waals surface area (Å²) in [7, 11) is 0. The summed E-state index contributed by atoms with van der Waals surface area (Å²) in [4.78, 5) is 25.6. The van der Waals surface area contributed by atoms with Crippen molar-refractivity contribution < 1.29 is 19.1 Å². The number of para-hydroxylation sites is 2. The van der Waals surface area contributed by atoms with E-state index in [4.69, 9.17) is 9.47 Å². The van der Waals surface area contributed by atoms with Gasteiger partial charge in [-0.2, -0.15) is 0 Å². The summed E-state index contributed by atoms with van der Waals surface area (Å²) in [6, 6.07) is 23.3. The van der Waals surface area contributed by atoms with E-state index in [1.807, 2.05) is 42.7 Å². The maximum atomic E-state index is 12.4. The number of amides is 1. The van der Waals surface area contributed by atoms with Gasteiger partial charge in [0.05, 0.1) is 0 Å². The van der Waals surface area contributed by atoms with Crippen LogP contribution in [0.2, 0.25) is 0 Å². The molecule has 0 aliphatic heterocycles. The third kappa shape index (κ3) is 5.37. The molecule has 3 rings (SSSR count). The summed E-state index contributed by atoms with van der Waals surface area (Å²) in [5.41, 5.74) is 0.907. The van der Waals surface area contributed by atoms with Crippen LogP contribution in [0.3, 0.4) is 0 Å². The summed E-state index contributed by atoms with van der Waals surface area (Å²) in [5, 5.41) is 2.72. The molecule has 0 saturated carbocycles. The molecule has 0 saturated heterocycles. The van der Waals surface area contributed by atoms with Crippen LogP contribution in [0.5, 0.6) is 11.5 Å². The number of nitrogens with one attached hydrogen (secondary N) is 1. The Kier molecular flexibility index (Phi) is 6.70. The second-order valence-corrected chi connectivity index (χ2v) is 6.65. The lowest BCUT2D eigenvalue weighted by atomic mass is 10.2. The van der Waals surface area contributed by atoms with E-state index in [0.717, 1.165) is 4.90 Å². The van der Waals surface area contributed by atoms with E-state index >= 15 is 0 Å². The summed E-state index contributed by atoms with van der Waals surface area (Å²) >= 11 is 1.58. The number of anilines is 1. The van der Waals surface area contributed by atoms with Crippen LogP contribution in [0.1, 0.15) is 10.4 Å². The number of carbonyl (C=O) groups excluding carboxylic acids is 2. The number of benzene rings is 3. The van der Waals surface area contributed by atoms with Crippen molar-refractivity contribution in [3.05, 3.63) is 84.4 Å². The first-order chi connectivity index (χ1) is 13.7. The van der Waals surface area contributed by atoms with Crippen LogP contribution in [0, 0.1) is 0 Å². The van der Waals surface area contributed by atoms with Crippen LogP contribution >= 0.6 is 11.8 Å². The van der Waals surface area contributed by atoms with Gasteiger partial charge in [-0.05, 0) is 48.7 Å². The zero-order chi connectivity index (χ0) is 19.8. The van der Waals surface area contributed by atoms with E-state index < -0.39 is 11.9 Å². The van der Waals surface area contributed by atoms with Crippen LogP contribution in [0.4, 0.5) is 5.69 Å². The number of ether oxygens (including phenoxy) is 2. The van der Waals surface area contributed by atoms with Gasteiger partial charge in [-0.25, -0.2) is 4.79 Å². The molecular weight excluding hydrogens is 374 g/mol. The van der Waals surface area contributed by atoms with Crippen molar-refractivity contribution in [3.8, 4) is 11.5 Å². The molecule has 1 N–H and O–H groups in total. The summed E-state index contributed by atoms with van der Waals surface area (Å²) in [6.45, 7) is -0.387. The Morgan fingerprint density at radius 2 is 1.68 bits per heavy atom. The normalized spacial score (nSPS) is 10.2. The smallest absolute Gasteiger partial charge is 0.342 e. The van der Waals surface area contributed by atoms with E-state index in [0.29, 0.717) is 17.2 Å². The van der Waals surface area contributed by atoms with Crippen molar-refractivity contribution >= 4 is 29.3 Å². The third-order valence-electron chi connectivity index (χ3n) is 3.77.